The maximum atomic E-state index is 12.1. The maximum Gasteiger partial charge on any atom is 0.226 e. The molecule has 2 aromatic rings. The van der Waals surface area contributed by atoms with Crippen LogP contribution < -0.4 is 5.32 Å². The molecule has 1 fully saturated rings. The second-order valence-electron chi connectivity index (χ2n) is 7.82. The maximum absolute atomic E-state index is 12.1. The van der Waals surface area contributed by atoms with Gasteiger partial charge < -0.3 is 10.2 Å². The fraction of sp³-hybridized carbons (Fsp3) is 0.545. The molecule has 152 valence electrons. The van der Waals surface area contributed by atoms with Crippen LogP contribution in [-0.2, 0) is 17.8 Å². The van der Waals surface area contributed by atoms with E-state index in [4.69, 9.17) is 0 Å². The largest absolute Gasteiger partial charge is 0.356 e. The fourth-order valence-corrected chi connectivity index (χ4v) is 4.27. The van der Waals surface area contributed by atoms with Crippen molar-refractivity contribution in [2.75, 3.05) is 39.3 Å². The number of hydrogen-bond acceptors (Lipinski definition) is 5. The van der Waals surface area contributed by atoms with E-state index in [2.05, 4.69) is 64.3 Å². The van der Waals surface area contributed by atoms with Crippen molar-refractivity contribution < 1.29 is 4.79 Å². The minimum absolute atomic E-state index is 0.0771. The van der Waals surface area contributed by atoms with E-state index in [1.807, 2.05) is 5.38 Å². The lowest BCUT2D eigenvalue weighted by Crippen LogP contribution is -2.46. The van der Waals surface area contributed by atoms with Crippen LogP contribution in [0.5, 0.6) is 0 Å². The van der Waals surface area contributed by atoms with Crippen molar-refractivity contribution in [1.29, 1.82) is 0 Å². The summed E-state index contributed by atoms with van der Waals surface area (Å²) >= 11 is 1.65. The third-order valence-corrected chi connectivity index (χ3v) is 6.29. The Labute approximate surface area is 172 Å². The number of piperazine rings is 1. The topological polar surface area (TPSA) is 48.5 Å². The Hall–Kier alpha value is -1.76. The number of nitrogens with one attached hydrogen (secondary N) is 1. The Bertz CT molecular complexity index is 723. The molecular formula is C22H32N4OS. The van der Waals surface area contributed by atoms with Crippen LogP contribution in [0.1, 0.15) is 42.5 Å². The molecule has 0 spiro atoms. The number of carbonyl (C=O) groups excluding carboxylic acids is 1. The number of thiazole rings is 1. The highest BCUT2D eigenvalue weighted by Gasteiger charge is 2.16. The van der Waals surface area contributed by atoms with Crippen molar-refractivity contribution in [2.24, 2.45) is 0 Å². The van der Waals surface area contributed by atoms with Crippen LogP contribution in [0.25, 0.3) is 0 Å². The second-order valence-corrected chi connectivity index (χ2v) is 8.71. The van der Waals surface area contributed by atoms with Crippen LogP contribution in [0.2, 0.25) is 0 Å². The molecule has 3 rings (SSSR count). The number of benzene rings is 1. The molecule has 0 aliphatic carbocycles. The number of carbonyl (C=O) groups is 1. The number of rotatable bonds is 9. The van der Waals surface area contributed by atoms with Gasteiger partial charge in [0.05, 0.1) is 17.1 Å². The smallest absolute Gasteiger partial charge is 0.226 e. The van der Waals surface area contributed by atoms with Gasteiger partial charge in [-0.15, -0.1) is 11.3 Å². The highest BCUT2D eigenvalue weighted by Crippen LogP contribution is 2.19. The first-order chi connectivity index (χ1) is 13.6. The first-order valence-corrected chi connectivity index (χ1v) is 11.2. The Balaban J connectivity index is 1.27. The lowest BCUT2D eigenvalue weighted by Gasteiger charge is -2.34. The fourth-order valence-electron chi connectivity index (χ4n) is 3.44. The molecule has 5 nitrogen and oxygen atoms in total. The van der Waals surface area contributed by atoms with Gasteiger partial charge >= 0.3 is 0 Å². The highest BCUT2D eigenvalue weighted by molar-refractivity contribution is 7.09. The quantitative estimate of drug-likeness (QED) is 0.657. The minimum Gasteiger partial charge on any atom is -0.356 e. The molecule has 0 bridgehead atoms. The summed E-state index contributed by atoms with van der Waals surface area (Å²) in [5.74, 6) is 0.503. The van der Waals surface area contributed by atoms with Gasteiger partial charge in [-0.1, -0.05) is 44.2 Å². The Morgan fingerprint density at radius 1 is 1.14 bits per heavy atom. The first-order valence-electron chi connectivity index (χ1n) is 10.3. The van der Waals surface area contributed by atoms with Crippen molar-refractivity contribution in [3.63, 3.8) is 0 Å². The lowest BCUT2D eigenvalue weighted by atomic mass is 10.2. The van der Waals surface area contributed by atoms with Gasteiger partial charge in [0.25, 0.3) is 0 Å². The third-order valence-electron chi connectivity index (χ3n) is 5.09. The molecule has 0 unspecified atom stereocenters. The van der Waals surface area contributed by atoms with Gasteiger partial charge in [0.2, 0.25) is 5.91 Å². The molecule has 1 saturated heterocycles. The number of hydrogen-bond donors (Lipinski definition) is 1. The van der Waals surface area contributed by atoms with E-state index in [0.29, 0.717) is 12.3 Å². The molecule has 1 aromatic heterocycles. The van der Waals surface area contributed by atoms with Crippen molar-refractivity contribution in [3.8, 4) is 0 Å². The number of nitrogens with zero attached hydrogens (tertiary/aromatic N) is 3. The van der Waals surface area contributed by atoms with Crippen LogP contribution in [0.15, 0.2) is 35.7 Å². The molecule has 1 aliphatic rings. The summed E-state index contributed by atoms with van der Waals surface area (Å²) < 4.78 is 0. The number of aromatic nitrogens is 1. The molecule has 1 aromatic carbocycles. The summed E-state index contributed by atoms with van der Waals surface area (Å²) in [7, 11) is 0. The van der Waals surface area contributed by atoms with E-state index < -0.39 is 0 Å². The van der Waals surface area contributed by atoms with Crippen molar-refractivity contribution in [1.82, 2.24) is 20.1 Å². The summed E-state index contributed by atoms with van der Waals surface area (Å²) in [6.45, 7) is 11.5. The van der Waals surface area contributed by atoms with Crippen LogP contribution in [0, 0.1) is 0 Å². The minimum atomic E-state index is 0.0771. The van der Waals surface area contributed by atoms with Crippen LogP contribution in [0.4, 0.5) is 0 Å². The standard InChI is InChI=1S/C22H32N4OS/c1-18(2)22-24-20(17-28-22)15-21(27)23-9-6-10-25-11-13-26(14-12-25)16-19-7-4-3-5-8-19/h3-5,7-8,17-18H,6,9-16H2,1-2H3,(H,23,27). The zero-order chi connectivity index (χ0) is 19.8. The molecule has 2 heterocycles. The summed E-state index contributed by atoms with van der Waals surface area (Å²) in [5.41, 5.74) is 2.28. The molecule has 1 N–H and O–H groups in total. The predicted molar refractivity (Wildman–Crippen MR) is 116 cm³/mol. The average Bonchev–Trinajstić information content (AvgIpc) is 3.16. The summed E-state index contributed by atoms with van der Waals surface area (Å²) in [6.07, 6.45) is 1.39. The van der Waals surface area contributed by atoms with E-state index in [0.717, 1.165) is 62.9 Å². The van der Waals surface area contributed by atoms with Gasteiger partial charge in [-0.3, -0.25) is 9.69 Å². The second kappa shape index (κ2) is 10.7. The molecule has 28 heavy (non-hydrogen) atoms. The van der Waals surface area contributed by atoms with E-state index in [1.54, 1.807) is 11.3 Å². The van der Waals surface area contributed by atoms with E-state index in [1.165, 1.54) is 5.56 Å². The van der Waals surface area contributed by atoms with Gasteiger partial charge in [0, 0.05) is 50.6 Å². The van der Waals surface area contributed by atoms with Crippen LogP contribution >= 0.6 is 11.3 Å². The monoisotopic (exact) mass is 400 g/mol. The van der Waals surface area contributed by atoms with E-state index in [9.17, 15) is 4.79 Å². The third kappa shape index (κ3) is 6.69. The van der Waals surface area contributed by atoms with Gasteiger partial charge in [0.15, 0.2) is 0 Å². The Kier molecular flexibility index (Phi) is 8.01. The summed E-state index contributed by atoms with van der Waals surface area (Å²) in [5, 5.41) is 6.15. The van der Waals surface area contributed by atoms with Gasteiger partial charge in [-0.2, -0.15) is 0 Å². The van der Waals surface area contributed by atoms with E-state index in [-0.39, 0.29) is 5.91 Å². The van der Waals surface area contributed by atoms with Crippen molar-refractivity contribution in [2.45, 2.75) is 39.2 Å². The molecule has 6 heteroatoms. The first kappa shape index (κ1) is 21.0. The van der Waals surface area contributed by atoms with E-state index >= 15 is 0 Å². The molecular weight excluding hydrogens is 368 g/mol. The van der Waals surface area contributed by atoms with Crippen molar-refractivity contribution in [3.05, 3.63) is 52.0 Å². The molecule has 0 saturated carbocycles. The molecule has 0 atom stereocenters. The Morgan fingerprint density at radius 2 is 1.86 bits per heavy atom. The zero-order valence-electron chi connectivity index (χ0n) is 17.1. The van der Waals surface area contributed by atoms with Gasteiger partial charge in [-0.05, 0) is 18.5 Å². The molecule has 1 aliphatic heterocycles. The normalized spacial score (nSPS) is 15.8. The number of amides is 1. The summed E-state index contributed by atoms with van der Waals surface area (Å²) in [4.78, 5) is 21.6. The van der Waals surface area contributed by atoms with Gasteiger partial charge in [-0.25, -0.2) is 4.98 Å². The lowest BCUT2D eigenvalue weighted by molar-refractivity contribution is -0.120. The van der Waals surface area contributed by atoms with Crippen LogP contribution in [-0.4, -0.2) is 60.0 Å². The summed E-state index contributed by atoms with van der Waals surface area (Å²) in [6, 6.07) is 10.7. The van der Waals surface area contributed by atoms with Crippen LogP contribution in [0.3, 0.4) is 0 Å². The Morgan fingerprint density at radius 3 is 2.54 bits per heavy atom. The molecule has 0 radical (unpaired) electrons. The highest BCUT2D eigenvalue weighted by atomic mass is 32.1. The van der Waals surface area contributed by atoms with Gasteiger partial charge in [0.1, 0.15) is 0 Å². The molecule has 1 amide bonds. The average molecular weight is 401 g/mol. The predicted octanol–water partition coefficient (Wildman–Crippen LogP) is 3.13. The SMILES string of the molecule is CC(C)c1nc(CC(=O)NCCCN2CCN(Cc3ccccc3)CC2)cs1. The zero-order valence-corrected chi connectivity index (χ0v) is 17.9. The van der Waals surface area contributed by atoms with Crippen molar-refractivity contribution >= 4 is 17.2 Å².